The highest BCUT2D eigenvalue weighted by Gasteiger charge is 2.10. The van der Waals surface area contributed by atoms with E-state index in [1.54, 1.807) is 6.92 Å². The molecule has 0 aromatic carbocycles. The Morgan fingerprint density at radius 1 is 1.83 bits per heavy atom. The molecule has 62 valence electrons. The summed E-state index contributed by atoms with van der Waals surface area (Å²) in [7, 11) is 0. The van der Waals surface area contributed by atoms with Crippen molar-refractivity contribution in [1.82, 2.24) is 10.2 Å². The number of aromatic amines is 1. The van der Waals surface area contributed by atoms with E-state index in [0.29, 0.717) is 5.69 Å². The molecule has 6 nitrogen and oxygen atoms in total. The van der Waals surface area contributed by atoms with Gasteiger partial charge in [0.05, 0.1) is 5.69 Å². The van der Waals surface area contributed by atoms with Crippen LogP contribution in [0, 0.1) is 18.3 Å². The van der Waals surface area contributed by atoms with Crippen LogP contribution in [-0.2, 0) is 0 Å². The molecule has 0 aliphatic carbocycles. The molecule has 0 spiro atoms. The summed E-state index contributed by atoms with van der Waals surface area (Å²) < 4.78 is 0. The minimum Gasteiger partial charge on any atom is -0.465 e. The van der Waals surface area contributed by atoms with Crippen LogP contribution in [0.3, 0.4) is 0 Å². The number of anilines is 1. The summed E-state index contributed by atoms with van der Waals surface area (Å²) in [6.45, 7) is 1.64. The summed E-state index contributed by atoms with van der Waals surface area (Å²) in [5.41, 5.74) is 0.763. The minimum atomic E-state index is -1.24. The van der Waals surface area contributed by atoms with Crippen molar-refractivity contribution in [1.29, 1.82) is 5.26 Å². The molecule has 0 bridgehead atoms. The third-order valence-corrected chi connectivity index (χ3v) is 1.28. The van der Waals surface area contributed by atoms with Gasteiger partial charge in [0.1, 0.15) is 11.6 Å². The van der Waals surface area contributed by atoms with Gasteiger partial charge in [0, 0.05) is 0 Å². The maximum Gasteiger partial charge on any atom is 0.410 e. The van der Waals surface area contributed by atoms with Crippen LogP contribution in [0.2, 0.25) is 0 Å². The van der Waals surface area contributed by atoms with Gasteiger partial charge < -0.3 is 5.11 Å². The number of rotatable bonds is 1. The van der Waals surface area contributed by atoms with Crippen LogP contribution in [-0.4, -0.2) is 21.4 Å². The van der Waals surface area contributed by atoms with Crippen LogP contribution < -0.4 is 5.32 Å². The molecular weight excluding hydrogens is 160 g/mol. The first-order valence-corrected chi connectivity index (χ1v) is 3.10. The Labute approximate surface area is 67.8 Å². The first kappa shape index (κ1) is 8.07. The third kappa shape index (κ3) is 1.34. The van der Waals surface area contributed by atoms with Gasteiger partial charge in [-0.25, -0.2) is 4.79 Å². The van der Waals surface area contributed by atoms with Crippen molar-refractivity contribution in [2.75, 3.05) is 5.32 Å². The molecule has 0 radical (unpaired) electrons. The smallest absolute Gasteiger partial charge is 0.410 e. The van der Waals surface area contributed by atoms with Crippen LogP contribution in [0.4, 0.5) is 10.6 Å². The molecule has 0 fully saturated rings. The monoisotopic (exact) mass is 166 g/mol. The van der Waals surface area contributed by atoms with Gasteiger partial charge in [-0.15, -0.1) is 0 Å². The molecule has 0 unspecified atom stereocenters. The van der Waals surface area contributed by atoms with E-state index in [4.69, 9.17) is 10.4 Å². The maximum atomic E-state index is 10.2. The van der Waals surface area contributed by atoms with Gasteiger partial charge in [0.2, 0.25) is 0 Å². The molecule has 0 aliphatic heterocycles. The lowest BCUT2D eigenvalue weighted by molar-refractivity contribution is 0.209. The first-order valence-electron chi connectivity index (χ1n) is 3.10. The lowest BCUT2D eigenvalue weighted by atomic mass is 10.3. The minimum absolute atomic E-state index is 0.0440. The van der Waals surface area contributed by atoms with E-state index in [-0.39, 0.29) is 11.4 Å². The summed E-state index contributed by atoms with van der Waals surface area (Å²) >= 11 is 0. The average Bonchev–Trinajstić information content (AvgIpc) is 2.30. The fraction of sp³-hybridized carbons (Fsp3) is 0.167. The molecule has 0 saturated carbocycles. The predicted octanol–water partition coefficient (Wildman–Crippen LogP) is 0.680. The second-order valence-corrected chi connectivity index (χ2v) is 2.11. The number of carboxylic acid groups (broad SMARTS) is 1. The number of aryl methyl sites for hydroxylation is 1. The zero-order valence-electron chi connectivity index (χ0n) is 6.25. The first-order chi connectivity index (χ1) is 5.65. The molecule has 12 heavy (non-hydrogen) atoms. The fourth-order valence-corrected chi connectivity index (χ4v) is 0.758. The van der Waals surface area contributed by atoms with Crippen LogP contribution >= 0.6 is 0 Å². The van der Waals surface area contributed by atoms with E-state index in [0.717, 1.165) is 0 Å². The summed E-state index contributed by atoms with van der Waals surface area (Å²) in [6, 6.07) is 1.83. The number of nitriles is 1. The molecule has 0 atom stereocenters. The zero-order chi connectivity index (χ0) is 9.14. The highest BCUT2D eigenvalue weighted by molar-refractivity contribution is 5.83. The number of nitrogens with one attached hydrogen (secondary N) is 2. The van der Waals surface area contributed by atoms with Gasteiger partial charge >= 0.3 is 6.09 Å². The second kappa shape index (κ2) is 2.92. The Morgan fingerprint density at radius 3 is 3.00 bits per heavy atom. The number of H-pyrrole nitrogens is 1. The zero-order valence-corrected chi connectivity index (χ0v) is 6.25. The molecule has 1 aromatic rings. The number of carbonyl (C=O) groups is 1. The highest BCUT2D eigenvalue weighted by atomic mass is 16.4. The van der Waals surface area contributed by atoms with Crippen molar-refractivity contribution in [3.63, 3.8) is 0 Å². The molecule has 3 N–H and O–H groups in total. The van der Waals surface area contributed by atoms with Crippen LogP contribution in [0.15, 0.2) is 0 Å². The Bertz CT molecular complexity index is 349. The number of aromatic nitrogens is 2. The van der Waals surface area contributed by atoms with Gasteiger partial charge in [-0.2, -0.15) is 10.4 Å². The van der Waals surface area contributed by atoms with E-state index >= 15 is 0 Å². The van der Waals surface area contributed by atoms with Gasteiger partial charge in [0.25, 0.3) is 0 Å². The Balaban J connectivity index is 3.01. The Kier molecular flexibility index (Phi) is 1.96. The molecule has 1 aromatic heterocycles. The average molecular weight is 166 g/mol. The van der Waals surface area contributed by atoms with E-state index in [2.05, 4.69) is 10.2 Å². The SMILES string of the molecule is Cc1[nH]nc(NC(=O)O)c1C#N. The summed E-state index contributed by atoms with van der Waals surface area (Å²) in [6.07, 6.45) is -1.24. The van der Waals surface area contributed by atoms with Crippen LogP contribution in [0.5, 0.6) is 0 Å². The number of hydrogen-bond acceptors (Lipinski definition) is 3. The maximum absolute atomic E-state index is 10.2. The van der Waals surface area contributed by atoms with Crippen molar-refractivity contribution in [2.24, 2.45) is 0 Å². The van der Waals surface area contributed by atoms with Gasteiger partial charge in [0.15, 0.2) is 5.82 Å². The third-order valence-electron chi connectivity index (χ3n) is 1.28. The van der Waals surface area contributed by atoms with E-state index in [9.17, 15) is 4.79 Å². The molecular formula is C6H6N4O2. The predicted molar refractivity (Wildman–Crippen MR) is 39.7 cm³/mol. The largest absolute Gasteiger partial charge is 0.465 e. The van der Waals surface area contributed by atoms with Crippen LogP contribution in [0.25, 0.3) is 0 Å². The number of hydrogen-bond donors (Lipinski definition) is 3. The quantitative estimate of drug-likeness (QED) is 0.570. The van der Waals surface area contributed by atoms with Gasteiger partial charge in [-0.05, 0) is 6.92 Å². The summed E-state index contributed by atoms with van der Waals surface area (Å²) in [5.74, 6) is 0.0440. The standard InChI is InChI=1S/C6H6N4O2/c1-3-4(2-7)5(10-9-3)8-6(11)12/h1H3,(H,11,12)(H2,8,9,10). The molecule has 6 heteroatoms. The van der Waals surface area contributed by atoms with E-state index in [1.807, 2.05) is 11.4 Å². The van der Waals surface area contributed by atoms with Crippen molar-refractivity contribution in [3.8, 4) is 6.07 Å². The lowest BCUT2D eigenvalue weighted by Crippen LogP contribution is -2.08. The van der Waals surface area contributed by atoms with Crippen molar-refractivity contribution >= 4 is 11.9 Å². The molecule has 1 amide bonds. The molecule has 1 heterocycles. The summed E-state index contributed by atoms with van der Waals surface area (Å²) in [5, 5.41) is 25.0. The number of nitrogens with zero attached hydrogens (tertiary/aromatic N) is 2. The van der Waals surface area contributed by atoms with Crippen LogP contribution in [0.1, 0.15) is 11.3 Å². The van der Waals surface area contributed by atoms with Gasteiger partial charge in [-0.3, -0.25) is 10.4 Å². The van der Waals surface area contributed by atoms with Crippen molar-refractivity contribution in [2.45, 2.75) is 6.92 Å². The second-order valence-electron chi connectivity index (χ2n) is 2.11. The van der Waals surface area contributed by atoms with Crippen molar-refractivity contribution in [3.05, 3.63) is 11.3 Å². The highest BCUT2D eigenvalue weighted by Crippen LogP contribution is 2.13. The number of amides is 1. The Hall–Kier alpha value is -2.03. The van der Waals surface area contributed by atoms with Crippen molar-refractivity contribution < 1.29 is 9.90 Å². The topological polar surface area (TPSA) is 102 Å². The van der Waals surface area contributed by atoms with E-state index < -0.39 is 6.09 Å². The Morgan fingerprint density at radius 2 is 2.50 bits per heavy atom. The lowest BCUT2D eigenvalue weighted by Gasteiger charge is -1.93. The molecule has 0 aliphatic rings. The van der Waals surface area contributed by atoms with Gasteiger partial charge in [-0.1, -0.05) is 0 Å². The normalized spacial score (nSPS) is 9.00. The molecule has 1 rings (SSSR count). The fourth-order valence-electron chi connectivity index (χ4n) is 0.758. The summed E-state index contributed by atoms with van der Waals surface area (Å²) in [4.78, 5) is 10.2. The van der Waals surface area contributed by atoms with E-state index in [1.165, 1.54) is 0 Å². The molecule has 0 saturated heterocycles.